The van der Waals surface area contributed by atoms with Crippen LogP contribution in [0.25, 0.3) is 11.1 Å². The predicted octanol–water partition coefficient (Wildman–Crippen LogP) is 3.23. The van der Waals surface area contributed by atoms with Crippen LogP contribution in [0, 0.1) is 0 Å². The van der Waals surface area contributed by atoms with Crippen LogP contribution in [0.3, 0.4) is 0 Å². The van der Waals surface area contributed by atoms with E-state index in [1.807, 2.05) is 25.3 Å². The molecule has 1 aromatic carbocycles. The van der Waals surface area contributed by atoms with Gasteiger partial charge in [0.1, 0.15) is 6.54 Å². The number of hydrogen-bond donors (Lipinski definition) is 3. The van der Waals surface area contributed by atoms with E-state index in [9.17, 15) is 18.0 Å². The molecule has 156 valence electrons. The van der Waals surface area contributed by atoms with E-state index in [1.54, 1.807) is 17.9 Å². The Morgan fingerprint density at radius 3 is 2.79 bits per heavy atom. The summed E-state index contributed by atoms with van der Waals surface area (Å²) in [6.45, 7) is 5.04. The molecule has 0 fully saturated rings. The Hall–Kier alpha value is -2.97. The second-order valence-electron chi connectivity index (χ2n) is 7.07. The van der Waals surface area contributed by atoms with E-state index in [0.717, 1.165) is 22.4 Å². The third-order valence-electron chi connectivity index (χ3n) is 4.83. The summed E-state index contributed by atoms with van der Waals surface area (Å²) in [7, 11) is 1.79. The zero-order chi connectivity index (χ0) is 21.2. The fourth-order valence-corrected chi connectivity index (χ4v) is 3.41. The molecule has 0 saturated carbocycles. The van der Waals surface area contributed by atoms with Crippen LogP contribution in [0.15, 0.2) is 36.8 Å². The molecular formula is C20H24F3N5O. The van der Waals surface area contributed by atoms with Crippen LogP contribution in [-0.4, -0.2) is 41.0 Å². The third kappa shape index (κ3) is 4.90. The number of benzene rings is 1. The van der Waals surface area contributed by atoms with E-state index >= 15 is 0 Å². The highest BCUT2D eigenvalue weighted by Crippen LogP contribution is 2.32. The molecule has 1 atom stereocenters. The van der Waals surface area contributed by atoms with Gasteiger partial charge in [-0.1, -0.05) is 13.5 Å². The van der Waals surface area contributed by atoms with Crippen LogP contribution in [0.2, 0.25) is 0 Å². The quantitative estimate of drug-likeness (QED) is 0.659. The number of halogens is 3. The van der Waals surface area contributed by atoms with Crippen LogP contribution in [0.4, 0.5) is 18.9 Å². The number of nitrogens with one attached hydrogen (secondary N) is 3. The Balaban J connectivity index is 1.91. The molecule has 3 rings (SSSR count). The first kappa shape index (κ1) is 20.8. The standard InChI is InChI=1S/C20H24F3N5O/c1-4-17(12(2)25-11-20(21,22)23)27-15-7-13-5-6-24-19(29)18(13)16(8-15)14-9-26-28(3)10-14/h7-10,17,25,27H,2,4-6,11H2,1,3H3,(H,24,29). The van der Waals surface area contributed by atoms with Gasteiger partial charge < -0.3 is 16.0 Å². The van der Waals surface area contributed by atoms with Crippen molar-refractivity contribution in [3.05, 3.63) is 47.9 Å². The third-order valence-corrected chi connectivity index (χ3v) is 4.83. The first-order valence-corrected chi connectivity index (χ1v) is 9.38. The summed E-state index contributed by atoms with van der Waals surface area (Å²) < 4.78 is 39.2. The molecule has 0 bridgehead atoms. The largest absolute Gasteiger partial charge is 0.405 e. The molecular weight excluding hydrogens is 383 g/mol. The summed E-state index contributed by atoms with van der Waals surface area (Å²) in [5, 5.41) is 12.7. The number of aryl methyl sites for hydroxylation is 1. The molecule has 6 nitrogen and oxygen atoms in total. The number of nitrogens with zero attached hydrogens (tertiary/aromatic N) is 2. The SMILES string of the molecule is C=C(NCC(F)(F)F)C(CC)Nc1cc2c(c(-c3cnn(C)c3)c1)C(=O)NCC2. The van der Waals surface area contributed by atoms with E-state index in [1.165, 1.54) is 0 Å². The second-order valence-corrected chi connectivity index (χ2v) is 7.07. The van der Waals surface area contributed by atoms with Crippen LogP contribution in [-0.2, 0) is 13.5 Å². The van der Waals surface area contributed by atoms with Crippen LogP contribution >= 0.6 is 0 Å². The number of fused-ring (bicyclic) bond motifs is 1. The van der Waals surface area contributed by atoms with Gasteiger partial charge in [-0.15, -0.1) is 0 Å². The average molecular weight is 407 g/mol. The highest BCUT2D eigenvalue weighted by atomic mass is 19.4. The predicted molar refractivity (Wildman–Crippen MR) is 106 cm³/mol. The van der Waals surface area contributed by atoms with Crippen molar-refractivity contribution in [3.63, 3.8) is 0 Å². The fourth-order valence-electron chi connectivity index (χ4n) is 3.41. The molecule has 0 saturated heterocycles. The van der Waals surface area contributed by atoms with Crippen molar-refractivity contribution in [2.75, 3.05) is 18.4 Å². The van der Waals surface area contributed by atoms with Gasteiger partial charge in [0.05, 0.1) is 17.8 Å². The number of carbonyl (C=O) groups is 1. The Morgan fingerprint density at radius 2 is 2.17 bits per heavy atom. The van der Waals surface area contributed by atoms with Crippen molar-refractivity contribution in [3.8, 4) is 11.1 Å². The van der Waals surface area contributed by atoms with Crippen molar-refractivity contribution in [2.24, 2.45) is 7.05 Å². The van der Waals surface area contributed by atoms with Gasteiger partial charge in [-0.3, -0.25) is 9.48 Å². The summed E-state index contributed by atoms with van der Waals surface area (Å²) >= 11 is 0. The first-order valence-electron chi connectivity index (χ1n) is 9.38. The molecule has 2 aromatic rings. The highest BCUT2D eigenvalue weighted by Gasteiger charge is 2.28. The molecule has 0 radical (unpaired) electrons. The smallest absolute Gasteiger partial charge is 0.379 e. The molecule has 0 spiro atoms. The molecule has 9 heteroatoms. The Morgan fingerprint density at radius 1 is 1.41 bits per heavy atom. The van der Waals surface area contributed by atoms with Crippen molar-refractivity contribution < 1.29 is 18.0 Å². The molecule has 1 aliphatic heterocycles. The molecule has 3 N–H and O–H groups in total. The van der Waals surface area contributed by atoms with Crippen LogP contribution < -0.4 is 16.0 Å². The van der Waals surface area contributed by atoms with Gasteiger partial charge in [-0.25, -0.2) is 0 Å². The fraction of sp³-hybridized carbons (Fsp3) is 0.400. The molecule has 1 aliphatic rings. The van der Waals surface area contributed by atoms with Crippen molar-refractivity contribution in [1.82, 2.24) is 20.4 Å². The van der Waals surface area contributed by atoms with Gasteiger partial charge in [0.2, 0.25) is 0 Å². The van der Waals surface area contributed by atoms with E-state index in [4.69, 9.17) is 0 Å². The topological polar surface area (TPSA) is 71.0 Å². The molecule has 29 heavy (non-hydrogen) atoms. The summed E-state index contributed by atoms with van der Waals surface area (Å²) in [6.07, 6.45) is 0.413. The Kier molecular flexibility index (Phi) is 5.86. The minimum Gasteiger partial charge on any atom is -0.379 e. The second kappa shape index (κ2) is 8.18. The molecule has 1 amide bonds. The van der Waals surface area contributed by atoms with E-state index in [0.29, 0.717) is 24.9 Å². The number of alkyl halides is 3. The monoisotopic (exact) mass is 407 g/mol. The van der Waals surface area contributed by atoms with Gasteiger partial charge in [-0.2, -0.15) is 18.3 Å². The van der Waals surface area contributed by atoms with Crippen molar-refractivity contribution in [1.29, 1.82) is 0 Å². The zero-order valence-electron chi connectivity index (χ0n) is 16.4. The Labute approximate surface area is 167 Å². The number of rotatable bonds is 7. The lowest BCUT2D eigenvalue weighted by molar-refractivity contribution is -0.123. The van der Waals surface area contributed by atoms with Crippen molar-refractivity contribution in [2.45, 2.75) is 32.0 Å². The maximum atomic E-state index is 12.5. The van der Waals surface area contributed by atoms with Gasteiger partial charge in [0, 0.05) is 36.7 Å². The molecule has 1 unspecified atom stereocenters. The molecule has 0 aliphatic carbocycles. The van der Waals surface area contributed by atoms with Crippen LogP contribution in [0.1, 0.15) is 29.3 Å². The number of aromatic nitrogens is 2. The number of anilines is 1. The zero-order valence-corrected chi connectivity index (χ0v) is 16.4. The molecule has 1 aromatic heterocycles. The summed E-state index contributed by atoms with van der Waals surface area (Å²) in [5.74, 6) is -0.139. The highest BCUT2D eigenvalue weighted by molar-refractivity contribution is 6.03. The van der Waals surface area contributed by atoms with Crippen molar-refractivity contribution >= 4 is 11.6 Å². The lowest BCUT2D eigenvalue weighted by atomic mass is 9.91. The minimum atomic E-state index is -4.31. The van der Waals surface area contributed by atoms with Gasteiger partial charge in [0.15, 0.2) is 0 Å². The number of amides is 1. The summed E-state index contributed by atoms with van der Waals surface area (Å²) in [5.41, 5.74) is 4.02. The maximum absolute atomic E-state index is 12.5. The van der Waals surface area contributed by atoms with E-state index in [-0.39, 0.29) is 11.6 Å². The van der Waals surface area contributed by atoms with E-state index < -0.39 is 18.8 Å². The van der Waals surface area contributed by atoms with Crippen LogP contribution in [0.5, 0.6) is 0 Å². The Bertz CT molecular complexity index is 919. The summed E-state index contributed by atoms with van der Waals surface area (Å²) in [4.78, 5) is 12.5. The lowest BCUT2D eigenvalue weighted by Crippen LogP contribution is -2.35. The van der Waals surface area contributed by atoms with Gasteiger partial charge in [0.25, 0.3) is 5.91 Å². The van der Waals surface area contributed by atoms with E-state index in [2.05, 4.69) is 27.6 Å². The normalized spacial score (nSPS) is 14.7. The van der Waals surface area contributed by atoms with Gasteiger partial charge in [-0.05, 0) is 36.1 Å². The number of carbonyl (C=O) groups excluding carboxylic acids is 1. The summed E-state index contributed by atoms with van der Waals surface area (Å²) in [6, 6.07) is 3.32. The average Bonchev–Trinajstić information content (AvgIpc) is 3.09. The maximum Gasteiger partial charge on any atom is 0.405 e. The van der Waals surface area contributed by atoms with Gasteiger partial charge >= 0.3 is 6.18 Å². The number of hydrogen-bond acceptors (Lipinski definition) is 4. The first-order chi connectivity index (χ1) is 13.7. The lowest BCUT2D eigenvalue weighted by Gasteiger charge is -2.25. The minimum absolute atomic E-state index is 0.139. The molecule has 2 heterocycles.